The minimum absolute atomic E-state index is 0.0291. The Labute approximate surface area is 198 Å². The first-order chi connectivity index (χ1) is 16.3. The van der Waals surface area contributed by atoms with Crippen LogP contribution in [0.1, 0.15) is 30.0 Å². The molecule has 3 aromatic rings. The van der Waals surface area contributed by atoms with Crippen molar-refractivity contribution >= 4 is 16.0 Å². The van der Waals surface area contributed by atoms with Crippen LogP contribution in [-0.4, -0.2) is 56.3 Å². The number of hydrogen-bond acceptors (Lipinski definition) is 8. The quantitative estimate of drug-likeness (QED) is 0.467. The first-order valence-electron chi connectivity index (χ1n) is 10.8. The molecule has 0 N–H and O–H groups in total. The van der Waals surface area contributed by atoms with Gasteiger partial charge in [0.05, 0.1) is 29.8 Å². The van der Waals surface area contributed by atoms with Gasteiger partial charge in [0.2, 0.25) is 10.0 Å². The number of esters is 1. The van der Waals surface area contributed by atoms with Gasteiger partial charge in [0.25, 0.3) is 0 Å². The number of sulfonamides is 1. The maximum Gasteiger partial charge on any atom is 0.338 e. The van der Waals surface area contributed by atoms with Crippen LogP contribution in [0.3, 0.4) is 0 Å². The van der Waals surface area contributed by atoms with Crippen molar-refractivity contribution < 1.29 is 31.9 Å². The highest BCUT2D eigenvalue weighted by Crippen LogP contribution is 2.29. The fourth-order valence-electron chi connectivity index (χ4n) is 3.84. The standard InChI is InChI=1S/C24H26N2O7S/c1-16-13-26(14-17(2)32-16)34(28,29)20-8-6-7-18(11-20)24(27)31-15-19-12-22(25-33-19)21-9-4-5-10-23(21)30-3/h4-12,16-17H,13-15H2,1-3H3/t16-,17+. The van der Waals surface area contributed by atoms with E-state index in [2.05, 4.69) is 5.16 Å². The van der Waals surface area contributed by atoms with Crippen LogP contribution in [0.2, 0.25) is 0 Å². The van der Waals surface area contributed by atoms with E-state index in [1.807, 2.05) is 38.1 Å². The molecule has 9 nitrogen and oxygen atoms in total. The second-order valence-electron chi connectivity index (χ2n) is 8.06. The molecule has 0 bridgehead atoms. The second kappa shape index (κ2) is 9.96. The first-order valence-corrected chi connectivity index (χ1v) is 12.2. The summed E-state index contributed by atoms with van der Waals surface area (Å²) in [6, 6.07) is 14.8. The number of ether oxygens (including phenoxy) is 3. The lowest BCUT2D eigenvalue weighted by molar-refractivity contribution is -0.0440. The second-order valence-corrected chi connectivity index (χ2v) is 10.00. The number of morpholine rings is 1. The lowest BCUT2D eigenvalue weighted by Crippen LogP contribution is -2.48. The Bertz CT molecular complexity index is 1260. The summed E-state index contributed by atoms with van der Waals surface area (Å²) in [7, 11) is -2.21. The Morgan fingerprint density at radius 3 is 2.56 bits per heavy atom. The average molecular weight is 487 g/mol. The van der Waals surface area contributed by atoms with Crippen LogP contribution in [0.5, 0.6) is 5.75 Å². The van der Waals surface area contributed by atoms with Crippen LogP contribution in [0, 0.1) is 0 Å². The highest BCUT2D eigenvalue weighted by molar-refractivity contribution is 7.89. The largest absolute Gasteiger partial charge is 0.496 e. The predicted molar refractivity (Wildman–Crippen MR) is 123 cm³/mol. The topological polar surface area (TPSA) is 108 Å². The van der Waals surface area contributed by atoms with E-state index in [0.717, 1.165) is 5.56 Å². The number of methoxy groups -OCH3 is 1. The molecule has 34 heavy (non-hydrogen) atoms. The summed E-state index contributed by atoms with van der Waals surface area (Å²) in [6.07, 6.45) is -0.427. The number of nitrogens with zero attached hydrogens (tertiary/aromatic N) is 2. The summed E-state index contributed by atoms with van der Waals surface area (Å²) >= 11 is 0. The third kappa shape index (κ3) is 5.14. The van der Waals surface area contributed by atoms with Gasteiger partial charge in [-0.3, -0.25) is 0 Å². The molecule has 0 saturated carbocycles. The van der Waals surface area contributed by atoms with Crippen molar-refractivity contribution in [2.45, 2.75) is 37.6 Å². The highest BCUT2D eigenvalue weighted by Gasteiger charge is 2.32. The molecular weight excluding hydrogens is 460 g/mol. The molecule has 1 saturated heterocycles. The summed E-state index contributed by atoms with van der Waals surface area (Å²) in [6.45, 7) is 4.00. The maximum atomic E-state index is 13.1. The molecule has 1 fully saturated rings. The zero-order chi connectivity index (χ0) is 24.3. The van der Waals surface area contributed by atoms with E-state index in [1.54, 1.807) is 13.2 Å². The fraction of sp³-hybridized carbons (Fsp3) is 0.333. The van der Waals surface area contributed by atoms with Crippen molar-refractivity contribution in [3.63, 3.8) is 0 Å². The Morgan fingerprint density at radius 1 is 1.09 bits per heavy atom. The van der Waals surface area contributed by atoms with E-state index in [-0.39, 0.29) is 42.4 Å². The van der Waals surface area contributed by atoms with Crippen LogP contribution in [0.15, 0.2) is 64.0 Å². The van der Waals surface area contributed by atoms with Gasteiger partial charge in [0.15, 0.2) is 12.4 Å². The zero-order valence-electron chi connectivity index (χ0n) is 19.1. The highest BCUT2D eigenvalue weighted by atomic mass is 32.2. The minimum Gasteiger partial charge on any atom is -0.496 e. The maximum absolute atomic E-state index is 13.1. The van der Waals surface area contributed by atoms with Gasteiger partial charge in [-0.15, -0.1) is 0 Å². The summed E-state index contributed by atoms with van der Waals surface area (Å²) in [5.41, 5.74) is 1.42. The molecule has 1 aliphatic heterocycles. The molecule has 1 aromatic heterocycles. The van der Waals surface area contributed by atoms with Gasteiger partial charge in [0.1, 0.15) is 11.4 Å². The van der Waals surface area contributed by atoms with Crippen molar-refractivity contribution in [3.05, 3.63) is 65.9 Å². The van der Waals surface area contributed by atoms with E-state index in [9.17, 15) is 13.2 Å². The minimum atomic E-state index is -3.78. The third-order valence-corrected chi connectivity index (χ3v) is 7.21. The SMILES string of the molecule is COc1ccccc1-c1cc(COC(=O)c2cccc(S(=O)(=O)N3C[C@@H](C)O[C@@H](C)C3)c2)on1. The van der Waals surface area contributed by atoms with Gasteiger partial charge in [0, 0.05) is 24.7 Å². The molecule has 0 amide bonds. The number of benzene rings is 2. The molecule has 0 spiro atoms. The number of hydrogen-bond donors (Lipinski definition) is 0. The summed E-state index contributed by atoms with van der Waals surface area (Å²) in [5, 5.41) is 4.01. The number of carbonyl (C=O) groups is 1. The van der Waals surface area contributed by atoms with Crippen molar-refractivity contribution in [1.82, 2.24) is 9.46 Å². The molecule has 2 heterocycles. The lowest BCUT2D eigenvalue weighted by Gasteiger charge is -2.34. The van der Waals surface area contributed by atoms with Gasteiger partial charge in [-0.05, 0) is 44.2 Å². The number of rotatable bonds is 7. The Kier molecular flexibility index (Phi) is 7.01. The molecule has 0 unspecified atom stereocenters. The summed E-state index contributed by atoms with van der Waals surface area (Å²) < 4.78 is 49.2. The van der Waals surface area contributed by atoms with E-state index >= 15 is 0 Å². The van der Waals surface area contributed by atoms with E-state index in [1.165, 1.54) is 28.6 Å². The number of carbonyl (C=O) groups excluding carboxylic acids is 1. The smallest absolute Gasteiger partial charge is 0.338 e. The molecule has 2 atom stereocenters. The van der Waals surface area contributed by atoms with Crippen LogP contribution < -0.4 is 4.74 Å². The molecule has 0 radical (unpaired) electrons. The molecule has 4 rings (SSSR count). The first kappa shape index (κ1) is 23.9. The van der Waals surface area contributed by atoms with E-state index in [4.69, 9.17) is 18.7 Å². The van der Waals surface area contributed by atoms with Gasteiger partial charge < -0.3 is 18.7 Å². The van der Waals surface area contributed by atoms with Gasteiger partial charge in [-0.1, -0.05) is 23.4 Å². The van der Waals surface area contributed by atoms with Crippen LogP contribution in [0.4, 0.5) is 0 Å². The number of para-hydroxylation sites is 1. The van der Waals surface area contributed by atoms with Crippen LogP contribution in [-0.2, 0) is 26.1 Å². The Balaban J connectivity index is 1.45. The Hall–Kier alpha value is -3.21. The van der Waals surface area contributed by atoms with Crippen LogP contribution >= 0.6 is 0 Å². The number of aromatic nitrogens is 1. The van der Waals surface area contributed by atoms with Crippen molar-refractivity contribution in [2.24, 2.45) is 0 Å². The summed E-state index contributed by atoms with van der Waals surface area (Å²) in [4.78, 5) is 12.7. The zero-order valence-corrected chi connectivity index (χ0v) is 19.9. The van der Waals surface area contributed by atoms with E-state index in [0.29, 0.717) is 17.2 Å². The molecule has 2 aromatic carbocycles. The Morgan fingerprint density at radius 2 is 1.82 bits per heavy atom. The third-order valence-electron chi connectivity index (χ3n) is 5.38. The predicted octanol–water partition coefficient (Wildman–Crippen LogP) is 3.51. The lowest BCUT2D eigenvalue weighted by atomic mass is 10.1. The molecule has 10 heteroatoms. The van der Waals surface area contributed by atoms with Gasteiger partial charge in [-0.2, -0.15) is 4.31 Å². The molecular formula is C24H26N2O7S. The fourth-order valence-corrected chi connectivity index (χ4v) is 5.48. The van der Waals surface area contributed by atoms with Crippen molar-refractivity contribution in [3.8, 4) is 17.0 Å². The average Bonchev–Trinajstić information content (AvgIpc) is 3.31. The van der Waals surface area contributed by atoms with Crippen molar-refractivity contribution in [1.29, 1.82) is 0 Å². The molecule has 1 aliphatic rings. The normalized spacial score (nSPS) is 19.0. The van der Waals surface area contributed by atoms with Crippen molar-refractivity contribution in [2.75, 3.05) is 20.2 Å². The van der Waals surface area contributed by atoms with Gasteiger partial charge >= 0.3 is 5.97 Å². The van der Waals surface area contributed by atoms with Crippen LogP contribution in [0.25, 0.3) is 11.3 Å². The molecule has 0 aliphatic carbocycles. The summed E-state index contributed by atoms with van der Waals surface area (Å²) in [5.74, 6) is 0.312. The molecule has 180 valence electrons. The monoisotopic (exact) mass is 486 g/mol. The van der Waals surface area contributed by atoms with E-state index < -0.39 is 16.0 Å². The van der Waals surface area contributed by atoms with Gasteiger partial charge in [-0.25, -0.2) is 13.2 Å².